The molecule has 1 N–H and O–H groups in total. The number of nitrogens with zero attached hydrogens (tertiary/aromatic N) is 1. The SMILES string of the molecule is CC1CC(C)CN(Cc2ccccc2CNC(=O)c2ccccc2Cl)C1. The molecule has 2 atom stereocenters. The van der Waals surface area contributed by atoms with Crippen molar-refractivity contribution in [3.05, 3.63) is 70.2 Å². The van der Waals surface area contributed by atoms with Crippen LogP contribution in [0.4, 0.5) is 0 Å². The number of rotatable bonds is 5. The van der Waals surface area contributed by atoms with Crippen LogP contribution in [0.1, 0.15) is 41.8 Å². The quantitative estimate of drug-likeness (QED) is 0.823. The number of amides is 1. The predicted molar refractivity (Wildman–Crippen MR) is 107 cm³/mol. The van der Waals surface area contributed by atoms with E-state index in [1.54, 1.807) is 12.1 Å². The van der Waals surface area contributed by atoms with Gasteiger partial charge in [0.2, 0.25) is 0 Å². The zero-order chi connectivity index (χ0) is 18.5. The van der Waals surface area contributed by atoms with Gasteiger partial charge in [-0.05, 0) is 41.5 Å². The average molecular weight is 371 g/mol. The Morgan fingerprint density at radius 1 is 1.04 bits per heavy atom. The van der Waals surface area contributed by atoms with Gasteiger partial charge in [0.05, 0.1) is 10.6 Å². The van der Waals surface area contributed by atoms with Crippen molar-refractivity contribution in [1.29, 1.82) is 0 Å². The highest BCUT2D eigenvalue weighted by Gasteiger charge is 2.22. The third-order valence-corrected chi connectivity index (χ3v) is 5.34. The summed E-state index contributed by atoms with van der Waals surface area (Å²) in [7, 11) is 0. The van der Waals surface area contributed by atoms with E-state index in [0.717, 1.165) is 31.5 Å². The fraction of sp³-hybridized carbons (Fsp3) is 0.409. The Morgan fingerprint density at radius 2 is 1.65 bits per heavy atom. The number of hydrogen-bond acceptors (Lipinski definition) is 2. The lowest BCUT2D eigenvalue weighted by Gasteiger charge is -2.35. The molecule has 0 spiro atoms. The highest BCUT2D eigenvalue weighted by atomic mass is 35.5. The number of piperidine rings is 1. The molecular weight excluding hydrogens is 344 g/mol. The Kier molecular flexibility index (Phi) is 6.33. The molecule has 1 aliphatic heterocycles. The minimum Gasteiger partial charge on any atom is -0.348 e. The number of benzene rings is 2. The molecular formula is C22H27ClN2O. The summed E-state index contributed by atoms with van der Waals surface area (Å²) < 4.78 is 0. The summed E-state index contributed by atoms with van der Waals surface area (Å²) in [4.78, 5) is 15.0. The van der Waals surface area contributed by atoms with Crippen LogP contribution in [0.15, 0.2) is 48.5 Å². The van der Waals surface area contributed by atoms with E-state index in [2.05, 4.69) is 42.3 Å². The summed E-state index contributed by atoms with van der Waals surface area (Å²) in [6, 6.07) is 15.5. The van der Waals surface area contributed by atoms with E-state index >= 15 is 0 Å². The van der Waals surface area contributed by atoms with Crippen molar-refractivity contribution >= 4 is 17.5 Å². The normalized spacial score (nSPS) is 20.7. The predicted octanol–water partition coefficient (Wildman–Crippen LogP) is 4.75. The summed E-state index contributed by atoms with van der Waals surface area (Å²) in [5.74, 6) is 1.35. The minimum atomic E-state index is -0.134. The molecule has 26 heavy (non-hydrogen) atoms. The molecule has 1 amide bonds. The molecule has 2 aromatic carbocycles. The van der Waals surface area contributed by atoms with Crippen LogP contribution in [0.2, 0.25) is 5.02 Å². The van der Waals surface area contributed by atoms with Gasteiger partial charge in [0, 0.05) is 26.2 Å². The van der Waals surface area contributed by atoms with Gasteiger partial charge < -0.3 is 5.32 Å². The van der Waals surface area contributed by atoms with Crippen molar-refractivity contribution < 1.29 is 4.79 Å². The van der Waals surface area contributed by atoms with Crippen molar-refractivity contribution in [1.82, 2.24) is 10.2 Å². The number of carbonyl (C=O) groups excluding carboxylic acids is 1. The average Bonchev–Trinajstić information content (AvgIpc) is 2.60. The molecule has 138 valence electrons. The van der Waals surface area contributed by atoms with Crippen LogP contribution in [-0.4, -0.2) is 23.9 Å². The van der Waals surface area contributed by atoms with Gasteiger partial charge in [0.15, 0.2) is 0 Å². The van der Waals surface area contributed by atoms with Gasteiger partial charge >= 0.3 is 0 Å². The Balaban J connectivity index is 1.66. The summed E-state index contributed by atoms with van der Waals surface area (Å²) in [5.41, 5.74) is 2.97. The first-order valence-corrected chi connectivity index (χ1v) is 9.72. The molecule has 1 saturated heterocycles. The van der Waals surface area contributed by atoms with Crippen LogP contribution in [0.3, 0.4) is 0 Å². The van der Waals surface area contributed by atoms with Crippen LogP contribution in [0.25, 0.3) is 0 Å². The lowest BCUT2D eigenvalue weighted by Crippen LogP contribution is -2.38. The maximum atomic E-state index is 12.4. The van der Waals surface area contributed by atoms with E-state index in [9.17, 15) is 4.79 Å². The lowest BCUT2D eigenvalue weighted by molar-refractivity contribution is 0.0950. The topological polar surface area (TPSA) is 32.3 Å². The first-order valence-electron chi connectivity index (χ1n) is 9.34. The molecule has 0 aromatic heterocycles. The van der Waals surface area contributed by atoms with Gasteiger partial charge in [-0.1, -0.05) is 61.8 Å². The van der Waals surface area contributed by atoms with Gasteiger partial charge in [0.1, 0.15) is 0 Å². The molecule has 0 bridgehead atoms. The van der Waals surface area contributed by atoms with Gasteiger partial charge in [-0.2, -0.15) is 0 Å². The Labute approximate surface area is 161 Å². The van der Waals surface area contributed by atoms with Crippen molar-refractivity contribution in [3.8, 4) is 0 Å². The van der Waals surface area contributed by atoms with Crippen molar-refractivity contribution in [2.45, 2.75) is 33.4 Å². The molecule has 4 heteroatoms. The van der Waals surface area contributed by atoms with Crippen LogP contribution < -0.4 is 5.32 Å². The molecule has 0 radical (unpaired) electrons. The first kappa shape index (κ1) is 18.9. The Bertz CT molecular complexity index is 751. The smallest absolute Gasteiger partial charge is 0.253 e. The van der Waals surface area contributed by atoms with Crippen LogP contribution >= 0.6 is 11.6 Å². The zero-order valence-corrected chi connectivity index (χ0v) is 16.3. The number of hydrogen-bond donors (Lipinski definition) is 1. The van der Waals surface area contributed by atoms with Crippen molar-refractivity contribution in [2.75, 3.05) is 13.1 Å². The fourth-order valence-electron chi connectivity index (χ4n) is 3.96. The molecule has 2 aromatic rings. The number of halogens is 1. The Morgan fingerprint density at radius 3 is 2.35 bits per heavy atom. The number of nitrogens with one attached hydrogen (secondary N) is 1. The van der Waals surface area contributed by atoms with Crippen molar-refractivity contribution in [2.24, 2.45) is 11.8 Å². The highest BCUT2D eigenvalue weighted by Crippen LogP contribution is 2.23. The van der Waals surface area contributed by atoms with Gasteiger partial charge in [-0.3, -0.25) is 9.69 Å². The van der Waals surface area contributed by atoms with E-state index < -0.39 is 0 Å². The summed E-state index contributed by atoms with van der Waals surface area (Å²) in [6.07, 6.45) is 1.31. The van der Waals surface area contributed by atoms with Gasteiger partial charge in [-0.15, -0.1) is 0 Å². The maximum Gasteiger partial charge on any atom is 0.253 e. The minimum absolute atomic E-state index is 0.134. The second kappa shape index (κ2) is 8.70. The zero-order valence-electron chi connectivity index (χ0n) is 15.5. The third kappa shape index (κ3) is 4.87. The molecule has 2 unspecified atom stereocenters. The third-order valence-electron chi connectivity index (χ3n) is 5.01. The highest BCUT2D eigenvalue weighted by molar-refractivity contribution is 6.33. The van der Waals surface area contributed by atoms with E-state index in [0.29, 0.717) is 17.1 Å². The van der Waals surface area contributed by atoms with E-state index in [1.807, 2.05) is 18.2 Å². The van der Waals surface area contributed by atoms with E-state index in [1.165, 1.54) is 17.5 Å². The van der Waals surface area contributed by atoms with Gasteiger partial charge in [0.25, 0.3) is 5.91 Å². The Hall–Kier alpha value is -1.84. The van der Waals surface area contributed by atoms with Crippen LogP contribution in [0, 0.1) is 11.8 Å². The van der Waals surface area contributed by atoms with Crippen molar-refractivity contribution in [3.63, 3.8) is 0 Å². The van der Waals surface area contributed by atoms with E-state index in [4.69, 9.17) is 11.6 Å². The molecule has 0 saturated carbocycles. The summed E-state index contributed by atoms with van der Waals surface area (Å²) in [5, 5.41) is 3.49. The second-order valence-corrected chi connectivity index (χ2v) is 7.98. The van der Waals surface area contributed by atoms with Crippen LogP contribution in [-0.2, 0) is 13.1 Å². The largest absolute Gasteiger partial charge is 0.348 e. The molecule has 3 rings (SSSR count). The lowest BCUT2D eigenvalue weighted by atomic mass is 9.91. The van der Waals surface area contributed by atoms with Crippen LogP contribution in [0.5, 0.6) is 0 Å². The summed E-state index contributed by atoms with van der Waals surface area (Å²) in [6.45, 7) is 8.40. The monoisotopic (exact) mass is 370 g/mol. The summed E-state index contributed by atoms with van der Waals surface area (Å²) >= 11 is 6.12. The molecule has 1 aliphatic rings. The second-order valence-electron chi connectivity index (χ2n) is 7.57. The fourth-order valence-corrected chi connectivity index (χ4v) is 4.18. The number of likely N-dealkylation sites (tertiary alicyclic amines) is 1. The first-order chi connectivity index (χ1) is 12.5. The molecule has 1 heterocycles. The maximum absolute atomic E-state index is 12.4. The number of carbonyl (C=O) groups is 1. The molecule has 0 aliphatic carbocycles. The molecule has 3 nitrogen and oxygen atoms in total. The van der Waals surface area contributed by atoms with E-state index in [-0.39, 0.29) is 5.91 Å². The standard InChI is InChI=1S/C22H27ClN2O/c1-16-11-17(2)14-25(13-16)15-19-8-4-3-7-18(19)12-24-22(26)20-9-5-6-10-21(20)23/h3-10,16-17H,11-15H2,1-2H3,(H,24,26). The van der Waals surface area contributed by atoms with Gasteiger partial charge in [-0.25, -0.2) is 0 Å². The molecule has 1 fully saturated rings.